The van der Waals surface area contributed by atoms with Gasteiger partial charge in [-0.25, -0.2) is 4.98 Å². The van der Waals surface area contributed by atoms with Crippen LogP contribution in [0.3, 0.4) is 0 Å². The Balaban J connectivity index is 1.75. The Bertz CT molecular complexity index is 862. The zero-order chi connectivity index (χ0) is 20.7. The van der Waals surface area contributed by atoms with Crippen molar-refractivity contribution in [2.75, 3.05) is 13.1 Å². The number of rotatable bonds is 3. The molecule has 0 atom stereocenters. The lowest BCUT2D eigenvalue weighted by Gasteiger charge is -2.38. The van der Waals surface area contributed by atoms with Gasteiger partial charge in [0.05, 0.1) is 28.7 Å². The van der Waals surface area contributed by atoms with Crippen LogP contribution in [0.15, 0.2) is 41.0 Å². The minimum atomic E-state index is -5.01. The first kappa shape index (κ1) is 20.4. The molecule has 1 aliphatic heterocycles. The number of pyridine rings is 1. The molecule has 0 spiro atoms. The minimum Gasteiger partial charge on any atom is -0.470 e. The van der Waals surface area contributed by atoms with Gasteiger partial charge >= 0.3 is 12.4 Å². The van der Waals surface area contributed by atoms with E-state index in [1.807, 2.05) is 0 Å². The van der Waals surface area contributed by atoms with Crippen LogP contribution in [0.1, 0.15) is 21.5 Å². The summed E-state index contributed by atoms with van der Waals surface area (Å²) in [7, 11) is 0. The Morgan fingerprint density at radius 2 is 1.64 bits per heavy atom. The number of halogens is 7. The Kier molecular flexibility index (Phi) is 5.30. The highest BCUT2D eigenvalue weighted by Gasteiger charge is 2.39. The van der Waals surface area contributed by atoms with Crippen molar-refractivity contribution in [1.82, 2.24) is 9.88 Å². The van der Waals surface area contributed by atoms with E-state index in [9.17, 15) is 31.1 Å². The third-order valence-electron chi connectivity index (χ3n) is 3.97. The van der Waals surface area contributed by atoms with Crippen LogP contribution in [0.25, 0.3) is 0 Å². The van der Waals surface area contributed by atoms with Gasteiger partial charge in [0.15, 0.2) is 0 Å². The number of alkyl halides is 6. The second-order valence-electron chi connectivity index (χ2n) is 6.03. The molecule has 1 saturated heterocycles. The molecule has 1 amide bonds. The smallest absolute Gasteiger partial charge is 0.416 e. The number of aromatic nitrogens is 1. The number of benzene rings is 1. The molecule has 2 aromatic rings. The molecule has 1 aromatic heterocycles. The van der Waals surface area contributed by atoms with Gasteiger partial charge in [0.2, 0.25) is 5.88 Å². The predicted octanol–water partition coefficient (Wildman–Crippen LogP) is 4.79. The van der Waals surface area contributed by atoms with E-state index >= 15 is 0 Å². The molecule has 2 heterocycles. The van der Waals surface area contributed by atoms with Crippen LogP contribution in [-0.4, -0.2) is 35.0 Å². The Labute approximate surface area is 163 Å². The molecular weight excluding hydrogens is 458 g/mol. The van der Waals surface area contributed by atoms with E-state index in [-0.39, 0.29) is 25.0 Å². The van der Waals surface area contributed by atoms with Gasteiger partial charge < -0.3 is 9.64 Å². The van der Waals surface area contributed by atoms with Crippen LogP contribution in [0, 0.1) is 0 Å². The number of nitrogens with zero attached hydrogens (tertiary/aromatic N) is 2. The van der Waals surface area contributed by atoms with Crippen LogP contribution < -0.4 is 4.74 Å². The zero-order valence-corrected chi connectivity index (χ0v) is 15.4. The average molecular weight is 469 g/mol. The van der Waals surface area contributed by atoms with Gasteiger partial charge in [0.25, 0.3) is 5.91 Å². The summed E-state index contributed by atoms with van der Waals surface area (Å²) in [5.74, 6) is -0.658. The first-order chi connectivity index (χ1) is 12.9. The molecule has 0 radical (unpaired) electrons. The molecule has 0 N–H and O–H groups in total. The van der Waals surface area contributed by atoms with Crippen LogP contribution >= 0.6 is 15.9 Å². The number of carbonyl (C=O) groups excluding carboxylic acids is 1. The van der Waals surface area contributed by atoms with E-state index in [0.717, 1.165) is 4.90 Å². The van der Waals surface area contributed by atoms with Crippen LogP contribution in [0.4, 0.5) is 26.3 Å². The number of ether oxygens (including phenoxy) is 1. The van der Waals surface area contributed by atoms with Crippen molar-refractivity contribution >= 4 is 21.8 Å². The van der Waals surface area contributed by atoms with Gasteiger partial charge in [-0.2, -0.15) is 26.3 Å². The Morgan fingerprint density at radius 1 is 1.07 bits per heavy atom. The van der Waals surface area contributed by atoms with E-state index < -0.39 is 41.1 Å². The number of hydrogen-bond acceptors (Lipinski definition) is 3. The van der Waals surface area contributed by atoms with Crippen LogP contribution in [-0.2, 0) is 12.4 Å². The van der Waals surface area contributed by atoms with Crippen molar-refractivity contribution in [3.8, 4) is 5.88 Å². The molecule has 1 fully saturated rings. The van der Waals surface area contributed by atoms with Crippen molar-refractivity contribution < 1.29 is 35.9 Å². The number of amides is 1. The van der Waals surface area contributed by atoms with Gasteiger partial charge in [-0.05, 0) is 46.3 Å². The molecule has 11 heteroatoms. The van der Waals surface area contributed by atoms with E-state index in [1.165, 1.54) is 6.20 Å². The van der Waals surface area contributed by atoms with Gasteiger partial charge in [0.1, 0.15) is 6.10 Å². The maximum Gasteiger partial charge on any atom is 0.416 e. The van der Waals surface area contributed by atoms with Gasteiger partial charge in [0, 0.05) is 11.8 Å². The summed E-state index contributed by atoms with van der Waals surface area (Å²) in [5.41, 5.74) is -3.74. The van der Waals surface area contributed by atoms with Gasteiger partial charge in [-0.15, -0.1) is 0 Å². The summed E-state index contributed by atoms with van der Waals surface area (Å²) in [5, 5.41) is 0. The normalized spacial score (nSPS) is 15.3. The predicted molar refractivity (Wildman–Crippen MR) is 88.7 cm³/mol. The van der Waals surface area contributed by atoms with Gasteiger partial charge in [-0.1, -0.05) is 0 Å². The molecule has 1 aliphatic rings. The standard InChI is InChI=1S/C17H11BrF6N2O2/c18-13-2-1-3-25-14(13)28-12-7-26(8-12)15(27)9-4-10(16(19,20)21)6-11(5-9)17(22,23)24/h1-6,12H,7-8H2. The quantitative estimate of drug-likeness (QED) is 0.608. The third-order valence-corrected chi connectivity index (χ3v) is 4.58. The van der Waals surface area contributed by atoms with E-state index in [4.69, 9.17) is 4.74 Å². The molecule has 0 aliphatic carbocycles. The number of likely N-dealkylation sites (tertiary alicyclic amines) is 1. The van der Waals surface area contributed by atoms with Crippen LogP contribution in [0.2, 0.25) is 0 Å². The van der Waals surface area contributed by atoms with Crippen molar-refractivity contribution in [2.24, 2.45) is 0 Å². The summed E-state index contributed by atoms with van der Waals surface area (Å²) in [6, 6.07) is 4.17. The van der Waals surface area contributed by atoms with E-state index in [2.05, 4.69) is 20.9 Å². The van der Waals surface area contributed by atoms with Crippen LogP contribution in [0.5, 0.6) is 5.88 Å². The molecule has 0 bridgehead atoms. The fourth-order valence-corrected chi connectivity index (χ4v) is 2.90. The van der Waals surface area contributed by atoms with Gasteiger partial charge in [-0.3, -0.25) is 4.79 Å². The molecule has 0 unspecified atom stereocenters. The average Bonchev–Trinajstić information content (AvgIpc) is 2.56. The summed E-state index contributed by atoms with van der Waals surface area (Å²) < 4.78 is 83.6. The molecular formula is C17H11BrF6N2O2. The second kappa shape index (κ2) is 7.26. The zero-order valence-electron chi connectivity index (χ0n) is 13.8. The second-order valence-corrected chi connectivity index (χ2v) is 6.89. The lowest BCUT2D eigenvalue weighted by atomic mass is 10.0. The molecule has 28 heavy (non-hydrogen) atoms. The third kappa shape index (κ3) is 4.40. The first-order valence-corrected chi connectivity index (χ1v) is 8.60. The topological polar surface area (TPSA) is 42.4 Å². The van der Waals surface area contributed by atoms with Crippen molar-refractivity contribution in [3.05, 3.63) is 57.7 Å². The highest BCUT2D eigenvalue weighted by molar-refractivity contribution is 9.10. The molecule has 3 rings (SSSR count). The highest BCUT2D eigenvalue weighted by Crippen LogP contribution is 2.37. The summed E-state index contributed by atoms with van der Waals surface area (Å²) in [6.07, 6.45) is -9.00. The lowest BCUT2D eigenvalue weighted by molar-refractivity contribution is -0.143. The maximum absolute atomic E-state index is 12.9. The van der Waals surface area contributed by atoms with Crippen molar-refractivity contribution in [1.29, 1.82) is 0 Å². The van der Waals surface area contributed by atoms with E-state index in [0.29, 0.717) is 16.6 Å². The lowest BCUT2D eigenvalue weighted by Crippen LogP contribution is -2.56. The van der Waals surface area contributed by atoms with Crippen molar-refractivity contribution in [3.63, 3.8) is 0 Å². The fraction of sp³-hybridized carbons (Fsp3) is 0.294. The Hall–Kier alpha value is -2.30. The summed E-state index contributed by atoms with van der Waals surface area (Å²) in [6.45, 7) is 0.0267. The molecule has 0 saturated carbocycles. The maximum atomic E-state index is 12.9. The largest absolute Gasteiger partial charge is 0.470 e. The molecule has 4 nitrogen and oxygen atoms in total. The van der Waals surface area contributed by atoms with E-state index in [1.54, 1.807) is 12.1 Å². The van der Waals surface area contributed by atoms with Crippen molar-refractivity contribution in [2.45, 2.75) is 18.5 Å². The SMILES string of the molecule is O=C(c1cc(C(F)(F)F)cc(C(F)(F)F)c1)N1CC(Oc2ncccc2Br)C1. The Morgan fingerprint density at radius 3 is 2.14 bits per heavy atom. The monoisotopic (exact) mass is 468 g/mol. The summed E-state index contributed by atoms with van der Waals surface area (Å²) in [4.78, 5) is 17.5. The summed E-state index contributed by atoms with van der Waals surface area (Å²) >= 11 is 3.23. The highest BCUT2D eigenvalue weighted by atomic mass is 79.9. The minimum absolute atomic E-state index is 0.0133. The first-order valence-electron chi connectivity index (χ1n) is 7.81. The number of hydrogen-bond donors (Lipinski definition) is 0. The molecule has 150 valence electrons. The number of carbonyl (C=O) groups is 1. The fourth-order valence-electron chi connectivity index (χ4n) is 2.56. The molecule has 1 aromatic carbocycles.